The van der Waals surface area contributed by atoms with Crippen LogP contribution in [0.5, 0.6) is 23.0 Å². The van der Waals surface area contributed by atoms with Crippen molar-refractivity contribution in [3.63, 3.8) is 0 Å². The number of carbonyl (C=O) groups excluding carboxylic acids is 1. The highest BCUT2D eigenvalue weighted by Crippen LogP contribution is 2.40. The van der Waals surface area contributed by atoms with E-state index in [2.05, 4.69) is 0 Å². The summed E-state index contributed by atoms with van der Waals surface area (Å²) in [5, 5.41) is 0. The zero-order chi connectivity index (χ0) is 16.7. The molecule has 0 saturated carbocycles. The van der Waals surface area contributed by atoms with Crippen molar-refractivity contribution < 1.29 is 23.7 Å². The topological polar surface area (TPSA) is 54.0 Å². The first-order valence-corrected chi connectivity index (χ1v) is 7.60. The molecular formula is C19H16O5. The molecule has 2 aromatic carbocycles. The van der Waals surface area contributed by atoms with Gasteiger partial charge in [-0.2, -0.15) is 0 Å². The number of fused-ring (bicyclic) bond motifs is 2. The van der Waals surface area contributed by atoms with Gasteiger partial charge in [-0.25, -0.2) is 0 Å². The molecule has 0 radical (unpaired) electrons. The molecule has 2 aromatic rings. The molecule has 4 rings (SSSR count). The Morgan fingerprint density at radius 2 is 1.88 bits per heavy atom. The Morgan fingerprint density at radius 3 is 2.62 bits per heavy atom. The zero-order valence-electron chi connectivity index (χ0n) is 13.4. The van der Waals surface area contributed by atoms with E-state index in [4.69, 9.17) is 18.9 Å². The summed E-state index contributed by atoms with van der Waals surface area (Å²) < 4.78 is 21.5. The molecule has 5 heteroatoms. The second-order valence-corrected chi connectivity index (χ2v) is 5.62. The van der Waals surface area contributed by atoms with Crippen molar-refractivity contribution in [3.8, 4) is 23.0 Å². The monoisotopic (exact) mass is 324 g/mol. The molecule has 0 atom stereocenters. The van der Waals surface area contributed by atoms with Crippen molar-refractivity contribution in [1.82, 2.24) is 0 Å². The van der Waals surface area contributed by atoms with Crippen LogP contribution in [0.25, 0.3) is 6.08 Å². The van der Waals surface area contributed by atoms with Gasteiger partial charge in [0.2, 0.25) is 6.79 Å². The molecule has 0 fully saturated rings. The molecule has 0 N–H and O–H groups in total. The normalized spacial score (nSPS) is 16.4. The van der Waals surface area contributed by atoms with Gasteiger partial charge in [0.15, 0.2) is 28.8 Å². The van der Waals surface area contributed by atoms with Crippen LogP contribution in [0.3, 0.4) is 0 Å². The van der Waals surface area contributed by atoms with Crippen LogP contribution in [0.15, 0.2) is 35.9 Å². The maximum absolute atomic E-state index is 12.7. The van der Waals surface area contributed by atoms with Crippen molar-refractivity contribution in [2.75, 3.05) is 21.0 Å². The molecule has 0 bridgehead atoms. The van der Waals surface area contributed by atoms with E-state index < -0.39 is 0 Å². The van der Waals surface area contributed by atoms with E-state index in [-0.39, 0.29) is 12.6 Å². The quantitative estimate of drug-likeness (QED) is 0.811. The molecule has 0 unspecified atom stereocenters. The Balaban J connectivity index is 1.74. The number of hydrogen-bond donors (Lipinski definition) is 0. The number of methoxy groups -OCH3 is 2. The lowest BCUT2D eigenvalue weighted by atomic mass is 10.1. The lowest BCUT2D eigenvalue weighted by Crippen LogP contribution is -1.97. The molecule has 1 aliphatic carbocycles. The number of hydrogen-bond acceptors (Lipinski definition) is 5. The molecule has 122 valence electrons. The third-order valence-corrected chi connectivity index (χ3v) is 4.28. The molecule has 0 aromatic heterocycles. The van der Waals surface area contributed by atoms with Crippen LogP contribution in [-0.2, 0) is 6.42 Å². The number of allylic oxidation sites excluding steroid dienone is 1. The third kappa shape index (κ3) is 2.21. The summed E-state index contributed by atoms with van der Waals surface area (Å²) in [5.74, 6) is 2.58. The van der Waals surface area contributed by atoms with E-state index in [1.807, 2.05) is 30.3 Å². The fourth-order valence-electron chi connectivity index (χ4n) is 3.13. The predicted molar refractivity (Wildman–Crippen MR) is 88.1 cm³/mol. The lowest BCUT2D eigenvalue weighted by molar-refractivity contribution is 0.104. The van der Waals surface area contributed by atoms with Crippen molar-refractivity contribution >= 4 is 11.9 Å². The van der Waals surface area contributed by atoms with Gasteiger partial charge in [-0.1, -0.05) is 12.1 Å². The number of benzene rings is 2. The van der Waals surface area contributed by atoms with Crippen molar-refractivity contribution in [1.29, 1.82) is 0 Å². The molecule has 2 aliphatic rings. The Kier molecular flexibility index (Phi) is 3.41. The molecule has 0 spiro atoms. The summed E-state index contributed by atoms with van der Waals surface area (Å²) in [6.07, 6.45) is 2.42. The molecule has 0 amide bonds. The van der Waals surface area contributed by atoms with Crippen LogP contribution in [0.1, 0.15) is 21.5 Å². The number of ether oxygens (including phenoxy) is 4. The minimum Gasteiger partial charge on any atom is -0.493 e. The Hall–Kier alpha value is -2.95. The first-order chi connectivity index (χ1) is 11.7. The van der Waals surface area contributed by atoms with Gasteiger partial charge in [0, 0.05) is 23.1 Å². The summed E-state index contributed by atoms with van der Waals surface area (Å²) in [6.45, 7) is 0.204. The maximum atomic E-state index is 12.7. The van der Waals surface area contributed by atoms with E-state index in [1.165, 1.54) is 0 Å². The van der Waals surface area contributed by atoms with Gasteiger partial charge in [0.25, 0.3) is 0 Å². The minimum atomic E-state index is 0.00757. The number of Topliss-reactive ketones (excluding diaryl/α,β-unsaturated/α-hetero) is 1. The fraction of sp³-hybridized carbons (Fsp3) is 0.211. The Morgan fingerprint density at radius 1 is 1.08 bits per heavy atom. The molecule has 24 heavy (non-hydrogen) atoms. The Labute approximate surface area is 139 Å². The largest absolute Gasteiger partial charge is 0.493 e. The van der Waals surface area contributed by atoms with Gasteiger partial charge in [0.05, 0.1) is 14.2 Å². The first-order valence-electron chi connectivity index (χ1n) is 7.60. The van der Waals surface area contributed by atoms with Crippen LogP contribution in [0.2, 0.25) is 0 Å². The van der Waals surface area contributed by atoms with Gasteiger partial charge < -0.3 is 18.9 Å². The fourth-order valence-corrected chi connectivity index (χ4v) is 3.13. The average Bonchev–Trinajstić information content (AvgIpc) is 3.17. The van der Waals surface area contributed by atoms with Gasteiger partial charge in [0.1, 0.15) is 0 Å². The smallest absolute Gasteiger partial charge is 0.231 e. The minimum absolute atomic E-state index is 0.00757. The molecular weight excluding hydrogens is 308 g/mol. The van der Waals surface area contributed by atoms with Crippen LogP contribution in [-0.4, -0.2) is 26.8 Å². The Bertz CT molecular complexity index is 866. The van der Waals surface area contributed by atoms with Gasteiger partial charge in [-0.3, -0.25) is 4.79 Å². The highest BCUT2D eigenvalue weighted by molar-refractivity contribution is 6.16. The number of para-hydroxylation sites is 1. The van der Waals surface area contributed by atoms with Crippen molar-refractivity contribution in [2.45, 2.75) is 6.42 Å². The number of carbonyl (C=O) groups is 1. The number of rotatable bonds is 3. The van der Waals surface area contributed by atoms with Crippen molar-refractivity contribution in [2.24, 2.45) is 0 Å². The van der Waals surface area contributed by atoms with E-state index >= 15 is 0 Å². The third-order valence-electron chi connectivity index (χ3n) is 4.28. The molecule has 5 nitrogen and oxygen atoms in total. The average molecular weight is 324 g/mol. The summed E-state index contributed by atoms with van der Waals surface area (Å²) in [5.41, 5.74) is 3.15. The summed E-state index contributed by atoms with van der Waals surface area (Å²) >= 11 is 0. The predicted octanol–water partition coefficient (Wildman–Crippen LogP) is 3.25. The molecule has 1 heterocycles. The van der Waals surface area contributed by atoms with Crippen molar-refractivity contribution in [3.05, 3.63) is 52.6 Å². The van der Waals surface area contributed by atoms with Crippen LogP contribution in [0.4, 0.5) is 0 Å². The summed E-state index contributed by atoms with van der Waals surface area (Å²) in [7, 11) is 3.18. The van der Waals surface area contributed by atoms with Gasteiger partial charge >= 0.3 is 0 Å². The SMILES string of the molecule is COc1cccc(/C=C2\Cc3cc4c(cc3C2=O)OCO4)c1OC. The second-order valence-electron chi connectivity index (χ2n) is 5.62. The molecule has 0 saturated heterocycles. The number of ketones is 1. The van der Waals surface area contributed by atoms with Crippen LogP contribution < -0.4 is 18.9 Å². The summed E-state index contributed by atoms with van der Waals surface area (Å²) in [6, 6.07) is 9.25. The standard InChI is InChI=1S/C19H16O5/c1-21-15-5-3-4-11(19(15)22-2)6-13-7-12-8-16-17(24-10-23-16)9-14(12)18(13)20/h3-6,8-9H,7,10H2,1-2H3/b13-6+. The van der Waals surface area contributed by atoms with E-state index in [9.17, 15) is 4.79 Å². The maximum Gasteiger partial charge on any atom is 0.231 e. The first kappa shape index (κ1) is 14.6. The van der Waals surface area contributed by atoms with Crippen LogP contribution in [0, 0.1) is 0 Å². The lowest BCUT2D eigenvalue weighted by Gasteiger charge is -2.10. The highest BCUT2D eigenvalue weighted by Gasteiger charge is 2.29. The second kappa shape index (κ2) is 5.60. The zero-order valence-corrected chi connectivity index (χ0v) is 13.4. The van der Waals surface area contributed by atoms with Crippen LogP contribution >= 0.6 is 0 Å². The summed E-state index contributed by atoms with van der Waals surface area (Å²) in [4.78, 5) is 12.7. The van der Waals surface area contributed by atoms with E-state index in [1.54, 1.807) is 20.3 Å². The highest BCUT2D eigenvalue weighted by atomic mass is 16.7. The van der Waals surface area contributed by atoms with E-state index in [0.29, 0.717) is 40.6 Å². The molecule has 1 aliphatic heterocycles. The van der Waals surface area contributed by atoms with Gasteiger partial charge in [-0.05, 0) is 29.8 Å². The van der Waals surface area contributed by atoms with Gasteiger partial charge in [-0.15, -0.1) is 0 Å². The van der Waals surface area contributed by atoms with E-state index in [0.717, 1.165) is 11.1 Å².